The number of benzene rings is 1. The van der Waals surface area contributed by atoms with Crippen LogP contribution in [0.3, 0.4) is 0 Å². The van der Waals surface area contributed by atoms with Crippen LogP contribution in [0.15, 0.2) is 18.2 Å². The summed E-state index contributed by atoms with van der Waals surface area (Å²) in [6, 6.07) is 4.37. The van der Waals surface area contributed by atoms with E-state index in [4.69, 9.17) is 19.7 Å². The monoisotopic (exact) mass is 210 g/mol. The molecule has 80 valence electrons. The molecule has 1 aliphatic rings. The van der Waals surface area contributed by atoms with Crippen LogP contribution in [-0.4, -0.2) is 35.5 Å². The van der Waals surface area contributed by atoms with Gasteiger partial charge in [-0.25, -0.2) is 4.79 Å². The maximum atomic E-state index is 10.7. The first-order chi connectivity index (χ1) is 7.20. The van der Waals surface area contributed by atoms with E-state index in [-0.39, 0.29) is 24.9 Å². The van der Waals surface area contributed by atoms with Gasteiger partial charge in [0.2, 0.25) is 0 Å². The highest BCUT2D eigenvalue weighted by molar-refractivity contribution is 5.88. The molecule has 15 heavy (non-hydrogen) atoms. The van der Waals surface area contributed by atoms with Gasteiger partial charge in [0.1, 0.15) is 6.61 Å². The van der Waals surface area contributed by atoms with E-state index in [1.165, 1.54) is 18.2 Å². The van der Waals surface area contributed by atoms with Crippen molar-refractivity contribution in [2.24, 2.45) is 0 Å². The third-order valence-electron chi connectivity index (χ3n) is 2.11. The number of hydrogen-bond acceptors (Lipinski definition) is 4. The Labute approximate surface area is 85.9 Å². The standard InChI is InChI=1S/C10H10O5/c11-4-7-5-14-9-3-6(10(12)13)1-2-8(9)15-7/h1-3,7,11H,4-5H2,(H,12,13)/t7-/m1/s1. The fourth-order valence-corrected chi connectivity index (χ4v) is 1.34. The van der Waals surface area contributed by atoms with Gasteiger partial charge in [-0.1, -0.05) is 0 Å². The first-order valence-electron chi connectivity index (χ1n) is 4.48. The van der Waals surface area contributed by atoms with Crippen molar-refractivity contribution in [1.82, 2.24) is 0 Å². The Morgan fingerprint density at radius 1 is 1.47 bits per heavy atom. The van der Waals surface area contributed by atoms with Crippen molar-refractivity contribution in [3.63, 3.8) is 0 Å². The van der Waals surface area contributed by atoms with E-state index in [2.05, 4.69) is 0 Å². The maximum Gasteiger partial charge on any atom is 0.335 e. The van der Waals surface area contributed by atoms with E-state index in [9.17, 15) is 4.79 Å². The van der Waals surface area contributed by atoms with Gasteiger partial charge in [0.15, 0.2) is 17.6 Å². The highest BCUT2D eigenvalue weighted by Gasteiger charge is 2.21. The number of ether oxygens (including phenoxy) is 2. The smallest absolute Gasteiger partial charge is 0.335 e. The zero-order chi connectivity index (χ0) is 10.8. The number of aromatic carboxylic acids is 1. The molecule has 0 bridgehead atoms. The topological polar surface area (TPSA) is 76.0 Å². The first kappa shape index (κ1) is 9.79. The third kappa shape index (κ3) is 1.87. The van der Waals surface area contributed by atoms with Gasteiger partial charge in [-0.2, -0.15) is 0 Å². The number of rotatable bonds is 2. The predicted octanol–water partition coefficient (Wildman–Crippen LogP) is 0.517. The lowest BCUT2D eigenvalue weighted by Crippen LogP contribution is -2.32. The highest BCUT2D eigenvalue weighted by Crippen LogP contribution is 2.32. The molecule has 0 aromatic heterocycles. The number of aliphatic hydroxyl groups is 1. The van der Waals surface area contributed by atoms with Gasteiger partial charge >= 0.3 is 5.97 Å². The average molecular weight is 210 g/mol. The summed E-state index contributed by atoms with van der Waals surface area (Å²) >= 11 is 0. The SMILES string of the molecule is O=C(O)c1ccc2c(c1)OC[C@@H](CO)O2. The fourth-order valence-electron chi connectivity index (χ4n) is 1.34. The average Bonchev–Trinajstić information content (AvgIpc) is 2.27. The Kier molecular flexibility index (Phi) is 2.47. The molecule has 5 heteroatoms. The summed E-state index contributed by atoms with van der Waals surface area (Å²) in [6.45, 7) is 0.104. The minimum absolute atomic E-state index is 0.125. The molecule has 1 aliphatic heterocycles. The highest BCUT2D eigenvalue weighted by atomic mass is 16.6. The molecule has 0 radical (unpaired) electrons. The van der Waals surface area contributed by atoms with Gasteiger partial charge < -0.3 is 19.7 Å². The lowest BCUT2D eigenvalue weighted by molar-refractivity contribution is 0.0453. The second-order valence-corrected chi connectivity index (χ2v) is 3.20. The molecule has 1 aromatic carbocycles. The number of carbonyl (C=O) groups is 1. The molecule has 5 nitrogen and oxygen atoms in total. The van der Waals surface area contributed by atoms with Crippen LogP contribution in [0, 0.1) is 0 Å². The van der Waals surface area contributed by atoms with E-state index < -0.39 is 5.97 Å². The Bertz CT molecular complexity index is 387. The Morgan fingerprint density at radius 3 is 2.93 bits per heavy atom. The summed E-state index contributed by atoms with van der Waals surface area (Å²) in [5.74, 6) is -0.143. The van der Waals surface area contributed by atoms with Crippen LogP contribution in [0.2, 0.25) is 0 Å². The van der Waals surface area contributed by atoms with E-state index in [0.717, 1.165) is 0 Å². The van der Waals surface area contributed by atoms with Crippen LogP contribution in [0.5, 0.6) is 11.5 Å². The van der Waals surface area contributed by atoms with Crippen molar-refractivity contribution in [2.45, 2.75) is 6.10 Å². The molecule has 1 heterocycles. The predicted molar refractivity (Wildman–Crippen MR) is 50.4 cm³/mol. The van der Waals surface area contributed by atoms with Gasteiger partial charge in [-0.05, 0) is 18.2 Å². The molecule has 0 saturated carbocycles. The zero-order valence-corrected chi connectivity index (χ0v) is 7.84. The molecule has 0 saturated heterocycles. The number of hydrogen-bond donors (Lipinski definition) is 2. The molecule has 0 unspecified atom stereocenters. The summed E-state index contributed by atoms with van der Waals surface area (Å²) < 4.78 is 10.6. The molecule has 1 atom stereocenters. The molecule has 1 aromatic rings. The van der Waals surface area contributed by atoms with Gasteiger partial charge in [-0.3, -0.25) is 0 Å². The number of fused-ring (bicyclic) bond motifs is 1. The van der Waals surface area contributed by atoms with Crippen molar-refractivity contribution in [2.75, 3.05) is 13.2 Å². The van der Waals surface area contributed by atoms with Gasteiger partial charge in [0.05, 0.1) is 12.2 Å². The summed E-state index contributed by atoms with van der Waals surface area (Å²) in [7, 11) is 0. The summed E-state index contributed by atoms with van der Waals surface area (Å²) in [6.07, 6.45) is -0.381. The van der Waals surface area contributed by atoms with E-state index in [0.29, 0.717) is 11.5 Å². The van der Waals surface area contributed by atoms with E-state index >= 15 is 0 Å². The van der Waals surface area contributed by atoms with Crippen LogP contribution in [0.25, 0.3) is 0 Å². The normalized spacial score (nSPS) is 18.6. The number of aliphatic hydroxyl groups excluding tert-OH is 1. The fraction of sp³-hybridized carbons (Fsp3) is 0.300. The summed E-state index contributed by atoms with van der Waals surface area (Å²) in [4.78, 5) is 10.7. The molecule has 2 N–H and O–H groups in total. The summed E-state index contributed by atoms with van der Waals surface area (Å²) in [5.41, 5.74) is 0.153. The number of carboxylic acids is 1. The van der Waals surface area contributed by atoms with Crippen molar-refractivity contribution in [3.05, 3.63) is 23.8 Å². The molecule has 0 aliphatic carbocycles. The quantitative estimate of drug-likeness (QED) is 0.744. The van der Waals surface area contributed by atoms with Crippen LogP contribution in [0.1, 0.15) is 10.4 Å². The Balaban J connectivity index is 2.28. The minimum atomic E-state index is -1.01. The summed E-state index contributed by atoms with van der Waals surface area (Å²) in [5, 5.41) is 17.6. The third-order valence-corrected chi connectivity index (χ3v) is 2.11. The first-order valence-corrected chi connectivity index (χ1v) is 4.48. The second kappa shape index (κ2) is 3.78. The van der Waals surface area contributed by atoms with Crippen LogP contribution >= 0.6 is 0 Å². The minimum Gasteiger partial charge on any atom is -0.486 e. The lowest BCUT2D eigenvalue weighted by atomic mass is 10.2. The van der Waals surface area contributed by atoms with Crippen LogP contribution in [-0.2, 0) is 0 Å². The maximum absolute atomic E-state index is 10.7. The zero-order valence-electron chi connectivity index (χ0n) is 7.84. The lowest BCUT2D eigenvalue weighted by Gasteiger charge is -2.25. The molecular weight excluding hydrogens is 200 g/mol. The molecular formula is C10H10O5. The molecule has 0 spiro atoms. The number of carboxylic acid groups (broad SMARTS) is 1. The molecule has 0 amide bonds. The largest absolute Gasteiger partial charge is 0.486 e. The van der Waals surface area contributed by atoms with Gasteiger partial charge in [0.25, 0.3) is 0 Å². The van der Waals surface area contributed by atoms with Crippen molar-refractivity contribution in [1.29, 1.82) is 0 Å². The van der Waals surface area contributed by atoms with Gasteiger partial charge in [0, 0.05) is 0 Å². The molecule has 2 rings (SSSR count). The van der Waals surface area contributed by atoms with E-state index in [1.807, 2.05) is 0 Å². The van der Waals surface area contributed by atoms with Gasteiger partial charge in [-0.15, -0.1) is 0 Å². The van der Waals surface area contributed by atoms with Crippen LogP contribution in [0.4, 0.5) is 0 Å². The van der Waals surface area contributed by atoms with Crippen molar-refractivity contribution < 1.29 is 24.5 Å². The Hall–Kier alpha value is -1.75. The van der Waals surface area contributed by atoms with Crippen molar-refractivity contribution in [3.8, 4) is 11.5 Å². The van der Waals surface area contributed by atoms with Crippen molar-refractivity contribution >= 4 is 5.97 Å². The van der Waals surface area contributed by atoms with Crippen LogP contribution < -0.4 is 9.47 Å². The Morgan fingerprint density at radius 2 is 2.27 bits per heavy atom. The molecule has 0 fully saturated rings. The second-order valence-electron chi connectivity index (χ2n) is 3.20. The van der Waals surface area contributed by atoms with E-state index in [1.54, 1.807) is 0 Å².